The quantitative estimate of drug-likeness (QED) is 0.170. The van der Waals surface area contributed by atoms with Crippen LogP contribution in [0.25, 0.3) is 11.1 Å². The van der Waals surface area contributed by atoms with Crippen molar-refractivity contribution in [1.29, 1.82) is 0 Å². The van der Waals surface area contributed by atoms with Gasteiger partial charge in [0.1, 0.15) is 11.3 Å². The number of hydrogen-bond acceptors (Lipinski definition) is 4. The molecule has 0 spiro atoms. The summed E-state index contributed by atoms with van der Waals surface area (Å²) in [6.07, 6.45) is 6.64. The van der Waals surface area contributed by atoms with E-state index in [1.165, 1.54) is 11.1 Å². The van der Waals surface area contributed by atoms with Crippen molar-refractivity contribution in [2.75, 3.05) is 24.3 Å². The van der Waals surface area contributed by atoms with Crippen molar-refractivity contribution in [1.82, 2.24) is 5.32 Å². The summed E-state index contributed by atoms with van der Waals surface area (Å²) in [5, 5.41) is 10.7. The van der Waals surface area contributed by atoms with Crippen molar-refractivity contribution in [2.24, 2.45) is 0 Å². The number of nitrogens with one attached hydrogen (secondary N) is 3. The van der Waals surface area contributed by atoms with E-state index in [0.29, 0.717) is 6.54 Å². The number of benzene rings is 4. The predicted octanol–water partition coefficient (Wildman–Crippen LogP) is 7.71. The molecule has 1 aliphatic rings. The Labute approximate surface area is 244 Å². The lowest BCUT2D eigenvalue weighted by molar-refractivity contribution is -0.127. The lowest BCUT2D eigenvalue weighted by Crippen LogP contribution is -2.57. The molecule has 5 rings (SSSR count). The van der Waals surface area contributed by atoms with Gasteiger partial charge in [-0.15, -0.1) is 0 Å². The summed E-state index contributed by atoms with van der Waals surface area (Å²) in [5.74, 6) is 0.919. The van der Waals surface area contributed by atoms with Crippen molar-refractivity contribution in [3.05, 3.63) is 115 Å². The molecule has 1 atom stereocenters. The van der Waals surface area contributed by atoms with Crippen molar-refractivity contribution in [3.63, 3.8) is 0 Å². The Bertz CT molecular complexity index is 1370. The molecule has 4 aromatic rings. The van der Waals surface area contributed by atoms with E-state index < -0.39 is 5.54 Å². The molecule has 0 unspecified atom stereocenters. The normalized spacial score (nSPS) is 15.0. The van der Waals surface area contributed by atoms with Crippen molar-refractivity contribution in [3.8, 4) is 16.9 Å². The van der Waals surface area contributed by atoms with Gasteiger partial charge in [0.25, 0.3) is 0 Å². The van der Waals surface area contributed by atoms with Gasteiger partial charge in [0.2, 0.25) is 5.91 Å². The molecule has 41 heavy (non-hydrogen) atoms. The van der Waals surface area contributed by atoms with Crippen LogP contribution in [0.15, 0.2) is 109 Å². The third kappa shape index (κ3) is 7.69. The maximum absolute atomic E-state index is 14.2. The molecule has 0 aliphatic heterocycles. The molecule has 0 heterocycles. The molecule has 1 aliphatic carbocycles. The summed E-state index contributed by atoms with van der Waals surface area (Å²) in [6, 6.07) is 37.2. The molecule has 0 saturated heterocycles. The molecule has 212 valence electrons. The largest absolute Gasteiger partial charge is 0.497 e. The average molecular weight is 548 g/mol. The highest BCUT2D eigenvalue weighted by Gasteiger charge is 2.40. The van der Waals surface area contributed by atoms with Crippen LogP contribution in [0.2, 0.25) is 0 Å². The zero-order valence-corrected chi connectivity index (χ0v) is 23.9. The Kier molecular flexibility index (Phi) is 9.58. The molecule has 5 heteroatoms. The maximum Gasteiger partial charge on any atom is 0.245 e. The van der Waals surface area contributed by atoms with Crippen LogP contribution in [0, 0.1) is 0 Å². The van der Waals surface area contributed by atoms with E-state index in [4.69, 9.17) is 4.74 Å². The van der Waals surface area contributed by atoms with Gasteiger partial charge >= 0.3 is 0 Å². The predicted molar refractivity (Wildman–Crippen MR) is 169 cm³/mol. The first-order chi connectivity index (χ1) is 20.1. The lowest BCUT2D eigenvalue weighted by Gasteiger charge is -2.39. The zero-order valence-electron chi connectivity index (χ0n) is 23.9. The number of carbonyl (C=O) groups is 1. The van der Waals surface area contributed by atoms with Crippen LogP contribution in [0.1, 0.15) is 44.1 Å². The van der Waals surface area contributed by atoms with Crippen molar-refractivity contribution >= 4 is 17.3 Å². The molecule has 1 fully saturated rings. The third-order valence-electron chi connectivity index (χ3n) is 8.10. The van der Waals surface area contributed by atoms with Gasteiger partial charge in [-0.3, -0.25) is 4.79 Å². The first kappa shape index (κ1) is 28.3. The molecule has 3 N–H and O–H groups in total. The second-order valence-electron chi connectivity index (χ2n) is 11.0. The summed E-state index contributed by atoms with van der Waals surface area (Å²) < 4.78 is 5.30. The number of anilines is 2. The standard InChI is InChI=1S/C36H41N3O2/c1-41-34-22-20-31(21-23-34)37-27-33(19-18-28-12-5-2-6-13-28)38-35(40)36(24-9-4-10-25-36)39-32-17-11-16-30(26-32)29-14-7-3-8-15-29/h2-3,5-8,11-17,20-23,26,33,37,39H,4,9-10,18-19,24-25,27H2,1H3,(H,38,40)/t33-/m0/s1. The topological polar surface area (TPSA) is 62.4 Å². The molecular weight excluding hydrogens is 506 g/mol. The van der Waals surface area contributed by atoms with Gasteiger partial charge in [0.05, 0.1) is 7.11 Å². The summed E-state index contributed by atoms with van der Waals surface area (Å²) >= 11 is 0. The molecule has 0 aromatic heterocycles. The van der Waals surface area contributed by atoms with Gasteiger partial charge in [-0.25, -0.2) is 0 Å². The number of amides is 1. The summed E-state index contributed by atoms with van der Waals surface area (Å²) in [7, 11) is 1.67. The fourth-order valence-corrected chi connectivity index (χ4v) is 5.73. The SMILES string of the molecule is COc1ccc(NC[C@H](CCc2ccccc2)NC(=O)C2(Nc3cccc(-c4ccccc4)c3)CCCCC2)cc1. The number of methoxy groups -OCH3 is 1. The van der Waals surface area contributed by atoms with Crippen LogP contribution in [0.5, 0.6) is 5.75 Å². The molecule has 5 nitrogen and oxygen atoms in total. The summed E-state index contributed by atoms with van der Waals surface area (Å²) in [6.45, 7) is 0.643. The first-order valence-electron chi connectivity index (χ1n) is 14.8. The van der Waals surface area contributed by atoms with E-state index in [1.807, 2.05) is 36.4 Å². The fraction of sp³-hybridized carbons (Fsp3) is 0.306. The smallest absolute Gasteiger partial charge is 0.245 e. The first-order valence-corrected chi connectivity index (χ1v) is 14.8. The van der Waals surface area contributed by atoms with Gasteiger partial charge in [-0.1, -0.05) is 92.1 Å². The van der Waals surface area contributed by atoms with Gasteiger partial charge in [-0.2, -0.15) is 0 Å². The second kappa shape index (κ2) is 13.9. The maximum atomic E-state index is 14.2. The fourth-order valence-electron chi connectivity index (χ4n) is 5.73. The third-order valence-corrected chi connectivity index (χ3v) is 8.10. The summed E-state index contributed by atoms with van der Waals surface area (Å²) in [4.78, 5) is 14.2. The molecule has 1 amide bonds. The highest BCUT2D eigenvalue weighted by Crippen LogP contribution is 2.33. The monoisotopic (exact) mass is 547 g/mol. The Morgan fingerprint density at radius 1 is 0.780 bits per heavy atom. The van der Waals surface area contributed by atoms with E-state index in [1.54, 1.807) is 7.11 Å². The number of rotatable bonds is 12. The van der Waals surface area contributed by atoms with Crippen LogP contribution in [0.4, 0.5) is 11.4 Å². The van der Waals surface area contributed by atoms with Gasteiger partial charge in [0.15, 0.2) is 0 Å². The minimum Gasteiger partial charge on any atom is -0.497 e. The second-order valence-corrected chi connectivity index (χ2v) is 11.0. The number of carbonyl (C=O) groups excluding carboxylic acids is 1. The van der Waals surface area contributed by atoms with Crippen LogP contribution in [0.3, 0.4) is 0 Å². The zero-order chi connectivity index (χ0) is 28.3. The average Bonchev–Trinajstić information content (AvgIpc) is 3.04. The van der Waals surface area contributed by atoms with E-state index in [9.17, 15) is 4.79 Å². The molecule has 1 saturated carbocycles. The van der Waals surface area contributed by atoms with Crippen molar-refractivity contribution in [2.45, 2.75) is 56.5 Å². The van der Waals surface area contributed by atoms with Crippen LogP contribution in [-0.4, -0.2) is 31.1 Å². The van der Waals surface area contributed by atoms with Crippen LogP contribution in [-0.2, 0) is 11.2 Å². The van der Waals surface area contributed by atoms with E-state index in [2.05, 4.69) is 88.7 Å². The number of hydrogen-bond donors (Lipinski definition) is 3. The molecule has 0 radical (unpaired) electrons. The minimum atomic E-state index is -0.626. The van der Waals surface area contributed by atoms with E-state index in [0.717, 1.165) is 67.6 Å². The van der Waals surface area contributed by atoms with E-state index in [-0.39, 0.29) is 11.9 Å². The minimum absolute atomic E-state index is 0.0268. The Morgan fingerprint density at radius 2 is 1.46 bits per heavy atom. The number of ether oxygens (including phenoxy) is 1. The Morgan fingerprint density at radius 3 is 2.17 bits per heavy atom. The molecular formula is C36H41N3O2. The highest BCUT2D eigenvalue weighted by atomic mass is 16.5. The highest BCUT2D eigenvalue weighted by molar-refractivity contribution is 5.90. The Balaban J connectivity index is 1.32. The molecule has 0 bridgehead atoms. The Hall–Kier alpha value is -4.25. The molecule has 4 aromatic carbocycles. The van der Waals surface area contributed by atoms with Crippen LogP contribution >= 0.6 is 0 Å². The van der Waals surface area contributed by atoms with Crippen LogP contribution < -0.4 is 20.7 Å². The van der Waals surface area contributed by atoms with Gasteiger partial charge in [-0.05, 0) is 78.8 Å². The van der Waals surface area contributed by atoms with Crippen molar-refractivity contribution < 1.29 is 9.53 Å². The lowest BCUT2D eigenvalue weighted by atomic mass is 9.80. The summed E-state index contributed by atoms with van der Waals surface area (Å²) in [5.41, 5.74) is 4.96. The van der Waals surface area contributed by atoms with E-state index >= 15 is 0 Å². The van der Waals surface area contributed by atoms with Gasteiger partial charge in [0, 0.05) is 24.0 Å². The number of aryl methyl sites for hydroxylation is 1. The van der Waals surface area contributed by atoms with Gasteiger partial charge < -0.3 is 20.7 Å².